The highest BCUT2D eigenvalue weighted by Crippen LogP contribution is 2.36. The number of hydrogen-bond donors (Lipinski definition) is 0. The smallest absolute Gasteiger partial charge is 0.340 e. The second-order valence-electron chi connectivity index (χ2n) is 6.63. The number of ether oxygens (including phenoxy) is 1. The van der Waals surface area contributed by atoms with Gasteiger partial charge in [0.25, 0.3) is 0 Å². The molecule has 6 heteroatoms. The fourth-order valence-electron chi connectivity index (χ4n) is 3.06. The molecule has 0 unspecified atom stereocenters. The molecule has 2 aromatic rings. The van der Waals surface area contributed by atoms with Crippen molar-refractivity contribution >= 4 is 16.0 Å². The third-order valence-electron chi connectivity index (χ3n) is 4.43. The van der Waals surface area contributed by atoms with Gasteiger partial charge in [0, 0.05) is 0 Å². The molecule has 140 valence electrons. The lowest BCUT2D eigenvalue weighted by atomic mass is 9.98. The number of sulfonamides is 1. The molecule has 5 nitrogen and oxygen atoms in total. The molecule has 0 aromatic heterocycles. The Kier molecular flexibility index (Phi) is 5.04. The molecule has 0 N–H and O–H groups in total. The summed E-state index contributed by atoms with van der Waals surface area (Å²) in [4.78, 5) is 12.5. The number of esters is 1. The minimum absolute atomic E-state index is 0.0509. The van der Waals surface area contributed by atoms with Crippen molar-refractivity contribution in [1.29, 1.82) is 0 Å². The van der Waals surface area contributed by atoms with Gasteiger partial charge in [-0.2, -0.15) is 4.31 Å². The van der Waals surface area contributed by atoms with Crippen molar-refractivity contribution in [3.05, 3.63) is 89.7 Å². The second-order valence-corrected chi connectivity index (χ2v) is 8.52. The Morgan fingerprint density at radius 2 is 1.70 bits per heavy atom. The molecule has 1 aliphatic rings. The highest BCUT2D eigenvalue weighted by molar-refractivity contribution is 7.89. The molecule has 1 atom stereocenters. The van der Waals surface area contributed by atoms with Crippen molar-refractivity contribution in [2.75, 3.05) is 6.54 Å². The molecular weight excluding hydrogens is 362 g/mol. The van der Waals surface area contributed by atoms with Crippen LogP contribution in [0, 0.1) is 13.8 Å². The van der Waals surface area contributed by atoms with Crippen LogP contribution in [0.5, 0.6) is 0 Å². The number of carbonyl (C=O) groups is 1. The number of carbonyl (C=O) groups excluding carboxylic acids is 1. The summed E-state index contributed by atoms with van der Waals surface area (Å²) in [6, 6.07) is 13.0. The van der Waals surface area contributed by atoms with Crippen LogP contribution in [0.2, 0.25) is 0 Å². The molecule has 1 aliphatic heterocycles. The van der Waals surface area contributed by atoms with E-state index in [0.29, 0.717) is 5.56 Å². The van der Waals surface area contributed by atoms with Gasteiger partial charge < -0.3 is 4.74 Å². The molecule has 27 heavy (non-hydrogen) atoms. The van der Waals surface area contributed by atoms with E-state index in [0.717, 1.165) is 11.1 Å². The van der Waals surface area contributed by atoms with Crippen LogP contribution in [0.15, 0.2) is 77.9 Å². The Hall–Kier alpha value is -2.70. The van der Waals surface area contributed by atoms with Crippen LogP contribution in [-0.2, 0) is 19.6 Å². The maximum Gasteiger partial charge on any atom is 0.340 e. The van der Waals surface area contributed by atoms with Crippen LogP contribution in [0.3, 0.4) is 0 Å². The Balaban J connectivity index is 2.18. The maximum absolute atomic E-state index is 13.4. The molecule has 0 aliphatic carbocycles. The van der Waals surface area contributed by atoms with E-state index in [-0.39, 0.29) is 22.8 Å². The van der Waals surface area contributed by atoms with Gasteiger partial charge in [0.05, 0.1) is 23.1 Å². The van der Waals surface area contributed by atoms with Gasteiger partial charge in [-0.3, -0.25) is 0 Å². The molecule has 0 radical (unpaired) electrons. The molecule has 0 saturated carbocycles. The minimum atomic E-state index is -3.92. The van der Waals surface area contributed by atoms with Crippen molar-refractivity contribution < 1.29 is 17.9 Å². The number of benzene rings is 2. The fourth-order valence-corrected chi connectivity index (χ4v) is 4.65. The van der Waals surface area contributed by atoms with E-state index in [2.05, 4.69) is 13.2 Å². The predicted octanol–water partition coefficient (Wildman–Crippen LogP) is 3.66. The van der Waals surface area contributed by atoms with Gasteiger partial charge in [0.1, 0.15) is 5.76 Å². The summed E-state index contributed by atoms with van der Waals surface area (Å²) in [6.45, 7) is 11.2. The highest BCUT2D eigenvalue weighted by Gasteiger charge is 2.40. The minimum Gasteiger partial charge on any atom is -0.427 e. The zero-order valence-electron chi connectivity index (χ0n) is 15.3. The molecule has 2 aromatic carbocycles. The zero-order chi connectivity index (χ0) is 19.8. The first-order valence-corrected chi connectivity index (χ1v) is 9.88. The normalized spacial score (nSPS) is 18.9. The summed E-state index contributed by atoms with van der Waals surface area (Å²) < 4.78 is 33.2. The van der Waals surface area contributed by atoms with E-state index in [4.69, 9.17) is 4.74 Å². The second kappa shape index (κ2) is 7.13. The summed E-state index contributed by atoms with van der Waals surface area (Å²) in [7, 11) is -3.92. The van der Waals surface area contributed by atoms with E-state index < -0.39 is 22.0 Å². The Morgan fingerprint density at radius 3 is 2.33 bits per heavy atom. The molecule has 0 amide bonds. The Morgan fingerprint density at radius 1 is 1.04 bits per heavy atom. The third-order valence-corrected chi connectivity index (χ3v) is 6.26. The first-order valence-electron chi connectivity index (χ1n) is 8.44. The van der Waals surface area contributed by atoms with Crippen LogP contribution in [0.4, 0.5) is 0 Å². The highest BCUT2D eigenvalue weighted by atomic mass is 32.2. The lowest BCUT2D eigenvalue weighted by Crippen LogP contribution is -2.36. The standard InChI is InChI=1S/C21H21NO4S/c1-14-8-10-19(11-9-14)27(24,25)22-13-16(3)26-21(23)17(4)20(22)18-7-5-6-15(2)12-18/h5-12,20H,3-4,13H2,1-2H3/t20-/m1/s1. The summed E-state index contributed by atoms with van der Waals surface area (Å²) in [5.41, 5.74) is 2.61. The Bertz CT molecular complexity index is 1020. The first kappa shape index (κ1) is 19.1. The van der Waals surface area contributed by atoms with Gasteiger partial charge >= 0.3 is 5.97 Å². The SMILES string of the molecule is C=C1CN(S(=O)(=O)c2ccc(C)cc2)[C@@H](c2cccc(C)c2)C(=C)C(=O)O1. The molecule has 1 fully saturated rings. The maximum atomic E-state index is 13.4. The van der Waals surface area contributed by atoms with Crippen molar-refractivity contribution in [1.82, 2.24) is 4.31 Å². The molecule has 0 spiro atoms. The van der Waals surface area contributed by atoms with E-state index >= 15 is 0 Å². The first-order chi connectivity index (χ1) is 12.7. The zero-order valence-corrected chi connectivity index (χ0v) is 16.1. The quantitative estimate of drug-likeness (QED) is 0.599. The fraction of sp³-hybridized carbons (Fsp3) is 0.190. The van der Waals surface area contributed by atoms with Crippen LogP contribution >= 0.6 is 0 Å². The Labute approximate surface area is 159 Å². The van der Waals surface area contributed by atoms with Crippen molar-refractivity contribution in [3.63, 3.8) is 0 Å². The summed E-state index contributed by atoms with van der Waals surface area (Å²) in [5, 5.41) is 0. The number of cyclic esters (lactones) is 1. The average Bonchev–Trinajstić information content (AvgIpc) is 2.72. The molecule has 1 heterocycles. The average molecular weight is 383 g/mol. The largest absolute Gasteiger partial charge is 0.427 e. The van der Waals surface area contributed by atoms with E-state index in [1.807, 2.05) is 32.0 Å². The van der Waals surface area contributed by atoms with E-state index in [1.165, 1.54) is 4.31 Å². The van der Waals surface area contributed by atoms with Gasteiger partial charge in [0.2, 0.25) is 10.0 Å². The van der Waals surface area contributed by atoms with Crippen molar-refractivity contribution in [3.8, 4) is 0 Å². The van der Waals surface area contributed by atoms with E-state index in [1.54, 1.807) is 30.3 Å². The van der Waals surface area contributed by atoms with Crippen molar-refractivity contribution in [2.45, 2.75) is 24.8 Å². The molecule has 0 bridgehead atoms. The summed E-state index contributed by atoms with van der Waals surface area (Å²) in [5.74, 6) is -0.611. The lowest BCUT2D eigenvalue weighted by molar-refractivity contribution is -0.134. The third kappa shape index (κ3) is 3.72. The number of nitrogens with zero attached hydrogens (tertiary/aromatic N) is 1. The topological polar surface area (TPSA) is 63.7 Å². The van der Waals surface area contributed by atoms with Gasteiger partial charge in [-0.05, 0) is 31.5 Å². The molecule has 3 rings (SSSR count). The van der Waals surface area contributed by atoms with Gasteiger partial charge in [0.15, 0.2) is 0 Å². The predicted molar refractivity (Wildman–Crippen MR) is 103 cm³/mol. The van der Waals surface area contributed by atoms with Crippen LogP contribution < -0.4 is 0 Å². The van der Waals surface area contributed by atoms with Gasteiger partial charge in [-0.25, -0.2) is 13.2 Å². The number of hydrogen-bond acceptors (Lipinski definition) is 4. The monoisotopic (exact) mass is 383 g/mol. The van der Waals surface area contributed by atoms with Crippen LogP contribution in [0.25, 0.3) is 0 Å². The lowest BCUT2D eigenvalue weighted by Gasteiger charge is -2.29. The number of rotatable bonds is 3. The van der Waals surface area contributed by atoms with Gasteiger partial charge in [-0.1, -0.05) is 60.7 Å². The van der Waals surface area contributed by atoms with Crippen LogP contribution in [0.1, 0.15) is 22.7 Å². The molecule has 1 saturated heterocycles. The van der Waals surface area contributed by atoms with Crippen molar-refractivity contribution in [2.24, 2.45) is 0 Å². The number of aryl methyl sites for hydroxylation is 2. The summed E-state index contributed by atoms with van der Waals surface area (Å²) in [6.07, 6.45) is 0. The molecular formula is C21H21NO4S. The summed E-state index contributed by atoms with van der Waals surface area (Å²) >= 11 is 0. The van der Waals surface area contributed by atoms with Crippen LogP contribution in [-0.4, -0.2) is 25.2 Å². The van der Waals surface area contributed by atoms with E-state index in [9.17, 15) is 13.2 Å². The van der Waals surface area contributed by atoms with Gasteiger partial charge in [-0.15, -0.1) is 0 Å².